The van der Waals surface area contributed by atoms with E-state index in [9.17, 15) is 8.42 Å². The molecule has 0 amide bonds. The molecule has 106 valence electrons. The summed E-state index contributed by atoms with van der Waals surface area (Å²) in [6.07, 6.45) is 2.94. The maximum absolute atomic E-state index is 12.1. The minimum atomic E-state index is -3.51. The highest BCUT2D eigenvalue weighted by Crippen LogP contribution is 2.24. The molecular formula is C12H17BrN2O3S. The first kappa shape index (κ1) is 14.8. The molecule has 1 saturated heterocycles. The van der Waals surface area contributed by atoms with Crippen molar-refractivity contribution in [3.05, 3.63) is 22.7 Å². The maximum Gasteiger partial charge on any atom is 0.241 e. The fourth-order valence-electron chi connectivity index (χ4n) is 2.04. The molecule has 1 aromatic carbocycles. The summed E-state index contributed by atoms with van der Waals surface area (Å²) in [5, 5.41) is 0. The van der Waals surface area contributed by atoms with Crippen molar-refractivity contribution in [1.82, 2.24) is 4.72 Å². The van der Waals surface area contributed by atoms with Crippen LogP contribution in [0.2, 0.25) is 0 Å². The van der Waals surface area contributed by atoms with Gasteiger partial charge in [0.25, 0.3) is 0 Å². The van der Waals surface area contributed by atoms with Crippen molar-refractivity contribution in [2.45, 2.75) is 30.3 Å². The second kappa shape index (κ2) is 6.21. The number of hydrogen-bond acceptors (Lipinski definition) is 4. The van der Waals surface area contributed by atoms with Gasteiger partial charge in [0.05, 0.1) is 11.0 Å². The van der Waals surface area contributed by atoms with Crippen LogP contribution in [-0.4, -0.2) is 27.7 Å². The monoisotopic (exact) mass is 348 g/mol. The van der Waals surface area contributed by atoms with Crippen molar-refractivity contribution in [1.29, 1.82) is 0 Å². The lowest BCUT2D eigenvalue weighted by atomic mass is 10.2. The Hall–Kier alpha value is -0.630. The van der Waals surface area contributed by atoms with Crippen LogP contribution in [0.1, 0.15) is 19.3 Å². The third-order valence-electron chi connectivity index (χ3n) is 3.03. The molecule has 1 aromatic rings. The topological polar surface area (TPSA) is 81.4 Å². The van der Waals surface area contributed by atoms with E-state index in [2.05, 4.69) is 20.7 Å². The lowest BCUT2D eigenvalue weighted by Gasteiger charge is -2.11. The summed E-state index contributed by atoms with van der Waals surface area (Å²) in [6.45, 7) is 1.16. The highest BCUT2D eigenvalue weighted by atomic mass is 79.9. The number of halogens is 1. The van der Waals surface area contributed by atoms with Crippen molar-refractivity contribution >= 4 is 31.6 Å². The maximum atomic E-state index is 12.1. The summed E-state index contributed by atoms with van der Waals surface area (Å²) in [6, 6.07) is 4.64. The summed E-state index contributed by atoms with van der Waals surface area (Å²) in [5.41, 5.74) is 6.11. The normalized spacial score (nSPS) is 19.7. The first-order valence-corrected chi connectivity index (χ1v) is 8.43. The molecule has 1 aliphatic rings. The Kier molecular flexibility index (Phi) is 4.83. The number of nitrogen functional groups attached to an aromatic ring is 1. The van der Waals surface area contributed by atoms with Gasteiger partial charge in [-0.3, -0.25) is 0 Å². The largest absolute Gasteiger partial charge is 0.399 e. The fourth-order valence-corrected chi connectivity index (χ4v) is 4.18. The Morgan fingerprint density at radius 2 is 2.26 bits per heavy atom. The zero-order valence-electron chi connectivity index (χ0n) is 10.4. The van der Waals surface area contributed by atoms with Crippen LogP contribution in [0.15, 0.2) is 27.6 Å². The van der Waals surface area contributed by atoms with Crippen LogP contribution in [0.3, 0.4) is 0 Å². The summed E-state index contributed by atoms with van der Waals surface area (Å²) in [4.78, 5) is 0.203. The van der Waals surface area contributed by atoms with Crippen molar-refractivity contribution < 1.29 is 13.2 Å². The van der Waals surface area contributed by atoms with Gasteiger partial charge in [0.15, 0.2) is 0 Å². The van der Waals surface area contributed by atoms with E-state index in [4.69, 9.17) is 10.5 Å². The van der Waals surface area contributed by atoms with Crippen LogP contribution in [0.25, 0.3) is 0 Å². The van der Waals surface area contributed by atoms with Crippen LogP contribution in [0, 0.1) is 0 Å². The van der Waals surface area contributed by atoms with Crippen LogP contribution < -0.4 is 10.5 Å². The van der Waals surface area contributed by atoms with E-state index >= 15 is 0 Å². The van der Waals surface area contributed by atoms with Gasteiger partial charge < -0.3 is 10.5 Å². The van der Waals surface area contributed by atoms with E-state index in [1.807, 2.05) is 0 Å². The second-order valence-electron chi connectivity index (χ2n) is 4.51. The molecular weight excluding hydrogens is 332 g/mol. The molecule has 0 saturated carbocycles. The Morgan fingerprint density at radius 3 is 2.89 bits per heavy atom. The number of anilines is 1. The fraction of sp³-hybridized carbons (Fsp3) is 0.500. The summed E-state index contributed by atoms with van der Waals surface area (Å²) in [7, 11) is -3.51. The Balaban J connectivity index is 1.97. The SMILES string of the molecule is Nc1ccc(S(=O)(=O)NCCC2CCCO2)c(Br)c1. The summed E-state index contributed by atoms with van der Waals surface area (Å²) < 4.78 is 32.7. The third kappa shape index (κ3) is 3.92. The molecule has 1 heterocycles. The smallest absolute Gasteiger partial charge is 0.241 e. The van der Waals surface area contributed by atoms with Crippen molar-refractivity contribution in [2.24, 2.45) is 0 Å². The van der Waals surface area contributed by atoms with E-state index in [1.54, 1.807) is 12.1 Å². The van der Waals surface area contributed by atoms with Gasteiger partial charge in [-0.25, -0.2) is 13.1 Å². The molecule has 1 unspecified atom stereocenters. The molecule has 5 nitrogen and oxygen atoms in total. The predicted molar refractivity (Wildman–Crippen MR) is 77.3 cm³/mol. The number of rotatable bonds is 5. The molecule has 1 fully saturated rings. The first-order chi connectivity index (χ1) is 8.99. The standard InChI is InChI=1S/C12H17BrN2O3S/c13-11-8-9(14)3-4-12(11)19(16,17)15-6-5-10-2-1-7-18-10/h3-4,8,10,15H,1-2,5-7,14H2. The van der Waals surface area contributed by atoms with E-state index < -0.39 is 10.0 Å². The summed E-state index contributed by atoms with van der Waals surface area (Å²) >= 11 is 3.22. The predicted octanol–water partition coefficient (Wildman–Crippen LogP) is 1.88. The highest BCUT2D eigenvalue weighted by Gasteiger charge is 2.19. The van der Waals surface area contributed by atoms with Gasteiger partial charge in [-0.1, -0.05) is 0 Å². The average Bonchev–Trinajstić information content (AvgIpc) is 2.81. The van der Waals surface area contributed by atoms with Gasteiger partial charge in [-0.2, -0.15) is 0 Å². The van der Waals surface area contributed by atoms with Crippen LogP contribution in [0.4, 0.5) is 5.69 Å². The molecule has 0 aromatic heterocycles. The molecule has 19 heavy (non-hydrogen) atoms. The van der Waals surface area contributed by atoms with Gasteiger partial charge in [-0.05, 0) is 53.4 Å². The Bertz CT molecular complexity index is 542. The number of sulfonamides is 1. The molecule has 1 atom stereocenters. The number of nitrogens with two attached hydrogens (primary N) is 1. The molecule has 0 bridgehead atoms. The number of hydrogen-bond donors (Lipinski definition) is 2. The van der Waals surface area contributed by atoms with Gasteiger partial charge in [0.1, 0.15) is 0 Å². The molecule has 1 aliphatic heterocycles. The Morgan fingerprint density at radius 1 is 1.47 bits per heavy atom. The van der Waals surface area contributed by atoms with E-state index in [1.165, 1.54) is 6.07 Å². The van der Waals surface area contributed by atoms with Gasteiger partial charge in [0, 0.05) is 23.3 Å². The number of ether oxygens (including phenoxy) is 1. The minimum absolute atomic E-state index is 0.178. The second-order valence-corrected chi connectivity index (χ2v) is 7.10. The molecule has 2 rings (SSSR count). The number of benzene rings is 1. The lowest BCUT2D eigenvalue weighted by Crippen LogP contribution is -2.27. The van der Waals surface area contributed by atoms with E-state index in [0.717, 1.165) is 19.4 Å². The summed E-state index contributed by atoms with van der Waals surface area (Å²) in [5.74, 6) is 0. The molecule has 3 N–H and O–H groups in total. The van der Waals surface area contributed by atoms with Gasteiger partial charge >= 0.3 is 0 Å². The van der Waals surface area contributed by atoms with Gasteiger partial charge in [-0.15, -0.1) is 0 Å². The molecule has 0 aliphatic carbocycles. The lowest BCUT2D eigenvalue weighted by molar-refractivity contribution is 0.105. The first-order valence-electron chi connectivity index (χ1n) is 6.15. The van der Waals surface area contributed by atoms with E-state index in [0.29, 0.717) is 23.1 Å². The minimum Gasteiger partial charge on any atom is -0.399 e. The molecule has 0 radical (unpaired) electrons. The van der Waals surface area contributed by atoms with Crippen LogP contribution >= 0.6 is 15.9 Å². The molecule has 0 spiro atoms. The number of nitrogens with one attached hydrogen (secondary N) is 1. The zero-order valence-corrected chi connectivity index (χ0v) is 12.8. The third-order valence-corrected chi connectivity index (χ3v) is 5.47. The van der Waals surface area contributed by atoms with Crippen LogP contribution in [-0.2, 0) is 14.8 Å². The quantitative estimate of drug-likeness (QED) is 0.796. The van der Waals surface area contributed by atoms with Crippen LogP contribution in [0.5, 0.6) is 0 Å². The van der Waals surface area contributed by atoms with Crippen molar-refractivity contribution in [2.75, 3.05) is 18.9 Å². The van der Waals surface area contributed by atoms with Gasteiger partial charge in [0.2, 0.25) is 10.0 Å². The molecule has 7 heteroatoms. The average molecular weight is 349 g/mol. The van der Waals surface area contributed by atoms with Crippen molar-refractivity contribution in [3.8, 4) is 0 Å². The zero-order chi connectivity index (χ0) is 13.9. The van der Waals surface area contributed by atoms with E-state index in [-0.39, 0.29) is 11.0 Å². The highest BCUT2D eigenvalue weighted by molar-refractivity contribution is 9.10. The Labute approximate surface area is 121 Å². The van der Waals surface area contributed by atoms with Crippen molar-refractivity contribution in [3.63, 3.8) is 0 Å².